The molecule has 0 aromatic rings. The van der Waals surface area contributed by atoms with Gasteiger partial charge in [0.1, 0.15) is 0 Å². The third-order valence-electron chi connectivity index (χ3n) is 1.43. The SMILES string of the molecule is CC(N)C(C=C(F)F)CC(=O)O. The summed E-state index contributed by atoms with van der Waals surface area (Å²) in [5, 5.41) is 8.32. The summed E-state index contributed by atoms with van der Waals surface area (Å²) in [6.07, 6.45) is -1.67. The van der Waals surface area contributed by atoms with Gasteiger partial charge in [-0.05, 0) is 13.0 Å². The van der Waals surface area contributed by atoms with Gasteiger partial charge in [-0.25, -0.2) is 0 Å². The second-order valence-corrected chi connectivity index (χ2v) is 2.58. The molecule has 0 saturated carbocycles. The van der Waals surface area contributed by atoms with Crippen LogP contribution in [0, 0.1) is 5.92 Å². The molecule has 2 unspecified atom stereocenters. The average molecular weight is 179 g/mol. The van der Waals surface area contributed by atoms with Gasteiger partial charge in [0.25, 0.3) is 6.08 Å². The predicted molar refractivity (Wildman–Crippen MR) is 39.7 cm³/mol. The number of aliphatic carboxylic acids is 1. The molecule has 0 heterocycles. The molecule has 0 amide bonds. The van der Waals surface area contributed by atoms with E-state index in [0.29, 0.717) is 6.08 Å². The Morgan fingerprint density at radius 2 is 2.17 bits per heavy atom. The van der Waals surface area contributed by atoms with E-state index in [0.717, 1.165) is 0 Å². The lowest BCUT2D eigenvalue weighted by atomic mass is 9.98. The summed E-state index contributed by atoms with van der Waals surface area (Å²) in [6, 6.07) is -0.581. The largest absolute Gasteiger partial charge is 0.481 e. The van der Waals surface area contributed by atoms with Crippen LogP contribution in [0.2, 0.25) is 0 Å². The Morgan fingerprint density at radius 1 is 1.67 bits per heavy atom. The van der Waals surface area contributed by atoms with Crippen LogP contribution in [0.4, 0.5) is 8.78 Å². The van der Waals surface area contributed by atoms with E-state index in [1.165, 1.54) is 6.92 Å². The lowest BCUT2D eigenvalue weighted by molar-refractivity contribution is -0.137. The van der Waals surface area contributed by atoms with Crippen molar-refractivity contribution in [2.45, 2.75) is 19.4 Å². The molecule has 0 spiro atoms. The van der Waals surface area contributed by atoms with E-state index in [-0.39, 0.29) is 6.42 Å². The number of carbonyl (C=O) groups is 1. The van der Waals surface area contributed by atoms with Crippen molar-refractivity contribution in [1.29, 1.82) is 0 Å². The Hall–Kier alpha value is -0.970. The van der Waals surface area contributed by atoms with Crippen molar-refractivity contribution in [2.75, 3.05) is 0 Å². The fraction of sp³-hybridized carbons (Fsp3) is 0.571. The third kappa shape index (κ3) is 4.79. The smallest absolute Gasteiger partial charge is 0.304 e. The molecule has 2 atom stereocenters. The van der Waals surface area contributed by atoms with Crippen molar-refractivity contribution < 1.29 is 18.7 Å². The van der Waals surface area contributed by atoms with Gasteiger partial charge < -0.3 is 10.8 Å². The molecule has 0 bridgehead atoms. The minimum atomic E-state index is -1.89. The lowest BCUT2D eigenvalue weighted by Crippen LogP contribution is -2.27. The Morgan fingerprint density at radius 3 is 2.42 bits per heavy atom. The van der Waals surface area contributed by atoms with E-state index in [1.807, 2.05) is 0 Å². The molecule has 70 valence electrons. The summed E-state index contributed by atoms with van der Waals surface area (Å²) >= 11 is 0. The van der Waals surface area contributed by atoms with Crippen molar-refractivity contribution in [3.05, 3.63) is 12.2 Å². The molecule has 0 radical (unpaired) electrons. The number of carboxylic acid groups (broad SMARTS) is 1. The molecule has 3 nitrogen and oxygen atoms in total. The Bertz CT molecular complexity index is 188. The summed E-state index contributed by atoms with van der Waals surface area (Å²) in [5.74, 6) is -1.93. The van der Waals surface area contributed by atoms with E-state index in [4.69, 9.17) is 10.8 Å². The van der Waals surface area contributed by atoms with Crippen LogP contribution < -0.4 is 5.73 Å². The Balaban J connectivity index is 4.24. The summed E-state index contributed by atoms with van der Waals surface area (Å²) in [4.78, 5) is 10.2. The predicted octanol–water partition coefficient (Wildman–Crippen LogP) is 1.20. The van der Waals surface area contributed by atoms with Crippen molar-refractivity contribution >= 4 is 5.97 Å². The third-order valence-corrected chi connectivity index (χ3v) is 1.43. The highest BCUT2D eigenvalue weighted by molar-refractivity contribution is 5.67. The van der Waals surface area contributed by atoms with Crippen molar-refractivity contribution in [1.82, 2.24) is 0 Å². The van der Waals surface area contributed by atoms with Gasteiger partial charge in [0.05, 0.1) is 6.42 Å². The first kappa shape index (κ1) is 11.0. The molecule has 12 heavy (non-hydrogen) atoms. The zero-order valence-electron chi connectivity index (χ0n) is 6.63. The highest BCUT2D eigenvalue weighted by Gasteiger charge is 2.16. The van der Waals surface area contributed by atoms with Gasteiger partial charge in [-0.3, -0.25) is 4.79 Å². The van der Waals surface area contributed by atoms with Crippen LogP contribution in [0.1, 0.15) is 13.3 Å². The fourth-order valence-electron chi connectivity index (χ4n) is 0.760. The summed E-state index contributed by atoms with van der Waals surface area (Å²) in [5.41, 5.74) is 5.29. The van der Waals surface area contributed by atoms with Crippen molar-refractivity contribution in [2.24, 2.45) is 11.7 Å². The van der Waals surface area contributed by atoms with Crippen molar-refractivity contribution in [3.63, 3.8) is 0 Å². The van der Waals surface area contributed by atoms with E-state index in [2.05, 4.69) is 0 Å². The molecular formula is C7H11F2NO2. The first-order valence-corrected chi connectivity index (χ1v) is 3.43. The van der Waals surface area contributed by atoms with E-state index in [1.54, 1.807) is 0 Å². The Labute approximate surface area is 68.9 Å². The zero-order chi connectivity index (χ0) is 9.72. The standard InChI is InChI=1S/C7H11F2NO2/c1-4(10)5(2-6(8)9)3-7(11)12/h2,4-5H,3,10H2,1H3,(H,11,12). The lowest BCUT2D eigenvalue weighted by Gasteiger charge is -2.13. The van der Waals surface area contributed by atoms with Gasteiger partial charge in [-0.1, -0.05) is 0 Å². The van der Waals surface area contributed by atoms with Gasteiger partial charge in [-0.2, -0.15) is 8.78 Å². The quantitative estimate of drug-likeness (QED) is 0.681. The number of nitrogens with two attached hydrogens (primary N) is 1. The molecule has 5 heteroatoms. The average Bonchev–Trinajstić information content (AvgIpc) is 1.83. The number of hydrogen-bond donors (Lipinski definition) is 2. The second-order valence-electron chi connectivity index (χ2n) is 2.58. The Kier molecular flexibility index (Phi) is 4.43. The van der Waals surface area contributed by atoms with Crippen LogP contribution in [-0.4, -0.2) is 17.1 Å². The number of halogens is 2. The number of carboxylic acids is 1. The van der Waals surface area contributed by atoms with Gasteiger partial charge in [0.15, 0.2) is 0 Å². The van der Waals surface area contributed by atoms with Crippen LogP contribution in [0.25, 0.3) is 0 Å². The molecule has 0 aliphatic carbocycles. The van der Waals surface area contributed by atoms with E-state index >= 15 is 0 Å². The summed E-state index contributed by atoms with van der Waals surface area (Å²) in [6.45, 7) is 1.49. The van der Waals surface area contributed by atoms with E-state index in [9.17, 15) is 13.6 Å². The maximum Gasteiger partial charge on any atom is 0.304 e. The van der Waals surface area contributed by atoms with Crippen LogP contribution in [-0.2, 0) is 4.79 Å². The molecular weight excluding hydrogens is 168 g/mol. The van der Waals surface area contributed by atoms with Crippen LogP contribution in [0.15, 0.2) is 12.2 Å². The maximum atomic E-state index is 11.7. The molecule has 0 fully saturated rings. The second kappa shape index (κ2) is 4.82. The summed E-state index contributed by atoms with van der Waals surface area (Å²) in [7, 11) is 0. The minimum absolute atomic E-state index is 0.366. The highest BCUT2D eigenvalue weighted by Crippen LogP contribution is 2.13. The van der Waals surface area contributed by atoms with Gasteiger partial charge >= 0.3 is 5.97 Å². The molecule has 0 aromatic heterocycles. The normalized spacial score (nSPS) is 15.0. The molecule has 0 aliphatic heterocycles. The number of rotatable bonds is 4. The maximum absolute atomic E-state index is 11.7. The van der Waals surface area contributed by atoms with Crippen LogP contribution >= 0.6 is 0 Å². The minimum Gasteiger partial charge on any atom is -0.481 e. The van der Waals surface area contributed by atoms with Crippen LogP contribution in [0.3, 0.4) is 0 Å². The fourth-order valence-corrected chi connectivity index (χ4v) is 0.760. The molecule has 0 aliphatic rings. The molecule has 0 rings (SSSR count). The van der Waals surface area contributed by atoms with Crippen LogP contribution in [0.5, 0.6) is 0 Å². The zero-order valence-corrected chi connectivity index (χ0v) is 6.63. The monoisotopic (exact) mass is 179 g/mol. The van der Waals surface area contributed by atoms with Gasteiger partial charge in [-0.15, -0.1) is 0 Å². The van der Waals surface area contributed by atoms with Gasteiger partial charge in [0, 0.05) is 12.0 Å². The first-order chi connectivity index (χ1) is 5.43. The molecule has 0 aromatic carbocycles. The summed E-state index contributed by atoms with van der Waals surface area (Å²) < 4.78 is 23.4. The van der Waals surface area contributed by atoms with E-state index < -0.39 is 24.0 Å². The molecule has 0 saturated heterocycles. The van der Waals surface area contributed by atoms with Gasteiger partial charge in [0.2, 0.25) is 0 Å². The highest BCUT2D eigenvalue weighted by atomic mass is 19.3. The molecule has 3 N–H and O–H groups in total. The first-order valence-electron chi connectivity index (χ1n) is 3.43. The number of hydrogen-bond acceptors (Lipinski definition) is 2. The van der Waals surface area contributed by atoms with Crippen molar-refractivity contribution in [3.8, 4) is 0 Å². The topological polar surface area (TPSA) is 63.3 Å².